The van der Waals surface area contributed by atoms with Gasteiger partial charge in [0.15, 0.2) is 0 Å². The van der Waals surface area contributed by atoms with E-state index in [-0.39, 0.29) is 0 Å². The molecule has 1 aromatic carbocycles. The summed E-state index contributed by atoms with van der Waals surface area (Å²) in [5, 5.41) is 9.32. The van der Waals surface area contributed by atoms with Gasteiger partial charge in [-0.05, 0) is 54.7 Å². The van der Waals surface area contributed by atoms with Gasteiger partial charge in [-0.2, -0.15) is 0 Å². The highest BCUT2D eigenvalue weighted by molar-refractivity contribution is 5.87. The SMILES string of the molecule is Cc1ccc(-c2ccc(C(=O)O)n2CC(C)C)cc1C. The number of nitrogens with zero attached hydrogens (tertiary/aromatic N) is 1. The van der Waals surface area contributed by atoms with Crippen LogP contribution in [0.3, 0.4) is 0 Å². The summed E-state index contributed by atoms with van der Waals surface area (Å²) in [4.78, 5) is 11.3. The summed E-state index contributed by atoms with van der Waals surface area (Å²) < 4.78 is 1.90. The average molecular weight is 271 g/mol. The third kappa shape index (κ3) is 2.77. The second kappa shape index (κ2) is 5.53. The first kappa shape index (κ1) is 14.4. The maximum absolute atomic E-state index is 11.3. The van der Waals surface area contributed by atoms with E-state index in [1.165, 1.54) is 11.1 Å². The highest BCUT2D eigenvalue weighted by Crippen LogP contribution is 2.26. The van der Waals surface area contributed by atoms with Gasteiger partial charge in [0.25, 0.3) is 0 Å². The highest BCUT2D eigenvalue weighted by atomic mass is 16.4. The summed E-state index contributed by atoms with van der Waals surface area (Å²) in [5.41, 5.74) is 4.86. The van der Waals surface area contributed by atoms with E-state index in [1.807, 2.05) is 10.6 Å². The van der Waals surface area contributed by atoms with Crippen LogP contribution in [-0.2, 0) is 6.54 Å². The van der Waals surface area contributed by atoms with Crippen molar-refractivity contribution in [1.82, 2.24) is 4.57 Å². The van der Waals surface area contributed by atoms with Crippen LogP contribution in [0.25, 0.3) is 11.3 Å². The van der Waals surface area contributed by atoms with Crippen molar-refractivity contribution >= 4 is 5.97 Å². The molecule has 2 rings (SSSR count). The van der Waals surface area contributed by atoms with Gasteiger partial charge in [0.1, 0.15) is 5.69 Å². The van der Waals surface area contributed by atoms with Crippen molar-refractivity contribution in [2.24, 2.45) is 5.92 Å². The van der Waals surface area contributed by atoms with Gasteiger partial charge in [0, 0.05) is 12.2 Å². The molecule has 0 spiro atoms. The average Bonchev–Trinajstić information content (AvgIpc) is 2.75. The molecule has 1 heterocycles. The lowest BCUT2D eigenvalue weighted by atomic mass is 10.0. The molecule has 1 N–H and O–H groups in total. The predicted molar refractivity (Wildman–Crippen MR) is 81.1 cm³/mol. The number of benzene rings is 1. The van der Waals surface area contributed by atoms with Crippen molar-refractivity contribution < 1.29 is 9.90 Å². The second-order valence-electron chi connectivity index (χ2n) is 5.71. The Kier molecular flexibility index (Phi) is 3.98. The summed E-state index contributed by atoms with van der Waals surface area (Å²) in [6.45, 7) is 9.05. The fourth-order valence-electron chi connectivity index (χ4n) is 2.37. The van der Waals surface area contributed by atoms with E-state index in [1.54, 1.807) is 6.07 Å². The van der Waals surface area contributed by atoms with Crippen molar-refractivity contribution in [1.29, 1.82) is 0 Å². The third-order valence-electron chi connectivity index (χ3n) is 3.55. The van der Waals surface area contributed by atoms with E-state index >= 15 is 0 Å². The van der Waals surface area contributed by atoms with Crippen LogP contribution < -0.4 is 0 Å². The first-order chi connectivity index (χ1) is 9.40. The van der Waals surface area contributed by atoms with Crippen LogP contribution in [0.2, 0.25) is 0 Å². The van der Waals surface area contributed by atoms with Crippen molar-refractivity contribution in [3.8, 4) is 11.3 Å². The molecule has 0 aliphatic carbocycles. The van der Waals surface area contributed by atoms with Crippen LogP contribution in [0.15, 0.2) is 30.3 Å². The van der Waals surface area contributed by atoms with Crippen LogP contribution in [0.4, 0.5) is 0 Å². The Hall–Kier alpha value is -2.03. The standard InChI is InChI=1S/C17H21NO2/c1-11(2)10-18-15(7-8-16(18)17(19)20)14-6-5-12(3)13(4)9-14/h5-9,11H,10H2,1-4H3,(H,19,20). The van der Waals surface area contributed by atoms with Gasteiger partial charge in [-0.3, -0.25) is 0 Å². The summed E-state index contributed by atoms with van der Waals surface area (Å²) in [7, 11) is 0. The molecule has 0 saturated heterocycles. The summed E-state index contributed by atoms with van der Waals surface area (Å²) in [6.07, 6.45) is 0. The number of aromatic nitrogens is 1. The molecule has 0 amide bonds. The van der Waals surface area contributed by atoms with Crippen LogP contribution in [-0.4, -0.2) is 15.6 Å². The van der Waals surface area contributed by atoms with E-state index in [2.05, 4.69) is 45.9 Å². The number of carboxylic acids is 1. The second-order valence-corrected chi connectivity index (χ2v) is 5.71. The Morgan fingerprint density at radius 1 is 1.15 bits per heavy atom. The van der Waals surface area contributed by atoms with Crippen molar-refractivity contribution in [2.75, 3.05) is 0 Å². The number of hydrogen-bond acceptors (Lipinski definition) is 1. The number of hydrogen-bond donors (Lipinski definition) is 1. The van der Waals surface area contributed by atoms with Gasteiger partial charge in [-0.1, -0.05) is 26.0 Å². The molecule has 0 atom stereocenters. The van der Waals surface area contributed by atoms with Gasteiger partial charge in [-0.25, -0.2) is 4.79 Å². The molecule has 0 bridgehead atoms. The predicted octanol–water partition coefficient (Wildman–Crippen LogP) is 4.13. The lowest BCUT2D eigenvalue weighted by Crippen LogP contribution is -2.13. The summed E-state index contributed by atoms with van der Waals surface area (Å²) >= 11 is 0. The van der Waals surface area contributed by atoms with Gasteiger partial charge in [0.05, 0.1) is 0 Å². The number of aromatic carboxylic acids is 1. The fourth-order valence-corrected chi connectivity index (χ4v) is 2.37. The van der Waals surface area contributed by atoms with Crippen LogP contribution in [0.1, 0.15) is 35.5 Å². The van der Waals surface area contributed by atoms with Crippen LogP contribution >= 0.6 is 0 Å². The Bertz CT molecular complexity index is 638. The molecule has 0 saturated carbocycles. The van der Waals surface area contributed by atoms with E-state index in [4.69, 9.17) is 0 Å². The molecular weight excluding hydrogens is 250 g/mol. The van der Waals surface area contributed by atoms with E-state index in [0.29, 0.717) is 18.2 Å². The lowest BCUT2D eigenvalue weighted by molar-refractivity contribution is 0.0684. The zero-order valence-electron chi connectivity index (χ0n) is 12.5. The fraction of sp³-hybridized carbons (Fsp3) is 0.353. The smallest absolute Gasteiger partial charge is 0.352 e. The zero-order chi connectivity index (χ0) is 14.9. The topological polar surface area (TPSA) is 42.2 Å². The molecule has 0 unspecified atom stereocenters. The largest absolute Gasteiger partial charge is 0.477 e. The zero-order valence-corrected chi connectivity index (χ0v) is 12.5. The van der Waals surface area contributed by atoms with Gasteiger partial charge in [0.2, 0.25) is 0 Å². The molecule has 106 valence electrons. The highest BCUT2D eigenvalue weighted by Gasteiger charge is 2.16. The normalized spacial score (nSPS) is 11.1. The maximum Gasteiger partial charge on any atom is 0.352 e. The molecular formula is C17H21NO2. The van der Waals surface area contributed by atoms with E-state index in [0.717, 1.165) is 11.3 Å². The number of carbonyl (C=O) groups is 1. The Labute approximate surface area is 119 Å². The number of carboxylic acid groups (broad SMARTS) is 1. The van der Waals surface area contributed by atoms with Crippen LogP contribution in [0, 0.1) is 19.8 Å². The molecule has 20 heavy (non-hydrogen) atoms. The third-order valence-corrected chi connectivity index (χ3v) is 3.55. The van der Waals surface area contributed by atoms with Crippen molar-refractivity contribution in [2.45, 2.75) is 34.2 Å². The Balaban J connectivity index is 2.55. The maximum atomic E-state index is 11.3. The monoisotopic (exact) mass is 271 g/mol. The number of aryl methyl sites for hydroxylation is 2. The lowest BCUT2D eigenvalue weighted by Gasteiger charge is -2.15. The minimum absolute atomic E-state index is 0.354. The quantitative estimate of drug-likeness (QED) is 0.908. The van der Waals surface area contributed by atoms with E-state index in [9.17, 15) is 9.90 Å². The number of rotatable bonds is 4. The molecule has 0 radical (unpaired) electrons. The molecule has 3 heteroatoms. The first-order valence-electron chi connectivity index (χ1n) is 6.90. The molecule has 0 aliphatic rings. The van der Waals surface area contributed by atoms with E-state index < -0.39 is 5.97 Å². The summed E-state index contributed by atoms with van der Waals surface area (Å²) in [6, 6.07) is 9.84. The minimum atomic E-state index is -0.874. The van der Waals surface area contributed by atoms with Crippen molar-refractivity contribution in [3.63, 3.8) is 0 Å². The molecule has 0 aliphatic heterocycles. The molecule has 3 nitrogen and oxygen atoms in total. The molecule has 0 fully saturated rings. The van der Waals surface area contributed by atoms with Gasteiger partial charge >= 0.3 is 5.97 Å². The Morgan fingerprint density at radius 3 is 2.40 bits per heavy atom. The van der Waals surface area contributed by atoms with Crippen molar-refractivity contribution in [3.05, 3.63) is 47.2 Å². The van der Waals surface area contributed by atoms with Gasteiger partial charge in [-0.15, -0.1) is 0 Å². The van der Waals surface area contributed by atoms with Crippen LogP contribution in [0.5, 0.6) is 0 Å². The first-order valence-corrected chi connectivity index (χ1v) is 6.90. The minimum Gasteiger partial charge on any atom is -0.477 e. The summed E-state index contributed by atoms with van der Waals surface area (Å²) in [5.74, 6) is -0.480. The molecule has 1 aromatic heterocycles. The molecule has 2 aromatic rings. The van der Waals surface area contributed by atoms with Gasteiger partial charge < -0.3 is 9.67 Å². The Morgan fingerprint density at radius 2 is 1.85 bits per heavy atom.